The standard InChI is InChI=1S/C16H14Cl3N3/c17-10-3-1-9(2-4-10)14-8-15(22-21-14)16(20)12-6-5-11(18)7-13(12)19/h1-7,14,16,21H,8,20H2. The lowest BCUT2D eigenvalue weighted by Gasteiger charge is -2.14. The van der Waals surface area contributed by atoms with Crippen molar-refractivity contribution in [2.24, 2.45) is 10.8 Å². The third-order valence-corrected chi connectivity index (χ3v) is 4.52. The number of hydrogen-bond donors (Lipinski definition) is 2. The lowest BCUT2D eigenvalue weighted by Crippen LogP contribution is -2.21. The number of nitrogens with two attached hydrogens (primary N) is 1. The van der Waals surface area contributed by atoms with Crippen molar-refractivity contribution in [3.63, 3.8) is 0 Å². The van der Waals surface area contributed by atoms with Crippen LogP contribution in [0.4, 0.5) is 0 Å². The Bertz CT molecular complexity index is 713. The van der Waals surface area contributed by atoms with Crippen molar-refractivity contribution in [3.8, 4) is 0 Å². The first-order valence-electron chi connectivity index (χ1n) is 6.82. The lowest BCUT2D eigenvalue weighted by atomic mass is 9.96. The third kappa shape index (κ3) is 3.23. The molecule has 22 heavy (non-hydrogen) atoms. The zero-order valence-electron chi connectivity index (χ0n) is 11.6. The van der Waals surface area contributed by atoms with Crippen LogP contribution in [-0.2, 0) is 0 Å². The van der Waals surface area contributed by atoms with E-state index in [-0.39, 0.29) is 12.1 Å². The second-order valence-electron chi connectivity index (χ2n) is 5.18. The molecule has 0 amide bonds. The van der Waals surface area contributed by atoms with Crippen LogP contribution in [0, 0.1) is 0 Å². The van der Waals surface area contributed by atoms with Crippen LogP contribution in [-0.4, -0.2) is 5.71 Å². The van der Waals surface area contributed by atoms with E-state index in [1.807, 2.05) is 30.3 Å². The molecule has 3 N–H and O–H groups in total. The Hall–Kier alpha value is -1.26. The summed E-state index contributed by atoms with van der Waals surface area (Å²) in [5.74, 6) is 0. The van der Waals surface area contributed by atoms with E-state index in [4.69, 9.17) is 40.5 Å². The molecule has 2 aromatic rings. The molecule has 0 bridgehead atoms. The maximum Gasteiger partial charge on any atom is 0.0743 e. The minimum absolute atomic E-state index is 0.101. The minimum Gasteiger partial charge on any atom is -0.319 e. The fourth-order valence-electron chi connectivity index (χ4n) is 2.48. The van der Waals surface area contributed by atoms with Gasteiger partial charge < -0.3 is 11.2 Å². The van der Waals surface area contributed by atoms with Gasteiger partial charge in [-0.3, -0.25) is 0 Å². The van der Waals surface area contributed by atoms with Crippen LogP contribution in [0.25, 0.3) is 0 Å². The second kappa shape index (κ2) is 6.47. The Morgan fingerprint density at radius 1 is 1.05 bits per heavy atom. The summed E-state index contributed by atoms with van der Waals surface area (Å²) in [7, 11) is 0. The molecule has 2 atom stereocenters. The molecule has 1 aliphatic heterocycles. The van der Waals surface area contributed by atoms with Gasteiger partial charge >= 0.3 is 0 Å². The molecule has 2 aromatic carbocycles. The molecule has 0 radical (unpaired) electrons. The van der Waals surface area contributed by atoms with Crippen LogP contribution in [0.1, 0.15) is 29.6 Å². The van der Waals surface area contributed by atoms with Gasteiger partial charge in [0.15, 0.2) is 0 Å². The topological polar surface area (TPSA) is 50.4 Å². The average molecular weight is 355 g/mol. The minimum atomic E-state index is -0.352. The quantitative estimate of drug-likeness (QED) is 0.836. The van der Waals surface area contributed by atoms with Crippen LogP contribution >= 0.6 is 34.8 Å². The van der Waals surface area contributed by atoms with Crippen LogP contribution in [0.15, 0.2) is 47.6 Å². The summed E-state index contributed by atoms with van der Waals surface area (Å²) in [6.45, 7) is 0. The zero-order chi connectivity index (χ0) is 15.7. The molecule has 0 fully saturated rings. The van der Waals surface area contributed by atoms with Crippen molar-refractivity contribution < 1.29 is 0 Å². The van der Waals surface area contributed by atoms with E-state index in [0.717, 1.165) is 23.3 Å². The number of nitrogens with zero attached hydrogens (tertiary/aromatic N) is 1. The normalized spacial score (nSPS) is 18.7. The van der Waals surface area contributed by atoms with Gasteiger partial charge in [-0.2, -0.15) is 5.10 Å². The molecule has 0 saturated heterocycles. The first-order chi connectivity index (χ1) is 10.5. The highest BCUT2D eigenvalue weighted by molar-refractivity contribution is 6.35. The number of nitrogens with one attached hydrogen (secondary N) is 1. The highest BCUT2D eigenvalue weighted by Crippen LogP contribution is 2.31. The van der Waals surface area contributed by atoms with E-state index in [2.05, 4.69) is 10.5 Å². The first-order valence-corrected chi connectivity index (χ1v) is 7.96. The highest BCUT2D eigenvalue weighted by Gasteiger charge is 2.26. The SMILES string of the molecule is NC(C1=NNC(c2ccc(Cl)cc2)C1)c1ccc(Cl)cc1Cl. The summed E-state index contributed by atoms with van der Waals surface area (Å²) < 4.78 is 0. The van der Waals surface area contributed by atoms with Crippen molar-refractivity contribution in [1.82, 2.24) is 5.43 Å². The molecule has 1 heterocycles. The maximum atomic E-state index is 6.30. The van der Waals surface area contributed by atoms with E-state index >= 15 is 0 Å². The Labute approximate surface area is 144 Å². The molecule has 2 unspecified atom stereocenters. The van der Waals surface area contributed by atoms with E-state index in [1.54, 1.807) is 12.1 Å². The highest BCUT2D eigenvalue weighted by atomic mass is 35.5. The number of hydrogen-bond acceptors (Lipinski definition) is 3. The van der Waals surface area contributed by atoms with Crippen molar-refractivity contribution >= 4 is 40.5 Å². The number of halogens is 3. The monoisotopic (exact) mass is 353 g/mol. The summed E-state index contributed by atoms with van der Waals surface area (Å²) >= 11 is 18.1. The molecule has 6 heteroatoms. The number of rotatable bonds is 3. The lowest BCUT2D eigenvalue weighted by molar-refractivity contribution is 0.619. The Morgan fingerprint density at radius 2 is 1.73 bits per heavy atom. The molecule has 114 valence electrons. The van der Waals surface area contributed by atoms with Gasteiger partial charge in [0.05, 0.1) is 17.8 Å². The van der Waals surface area contributed by atoms with Gasteiger partial charge in [0.2, 0.25) is 0 Å². The fraction of sp³-hybridized carbons (Fsp3) is 0.188. The van der Waals surface area contributed by atoms with Gasteiger partial charge in [-0.15, -0.1) is 0 Å². The Morgan fingerprint density at radius 3 is 2.41 bits per heavy atom. The van der Waals surface area contributed by atoms with Gasteiger partial charge in [0, 0.05) is 21.5 Å². The maximum absolute atomic E-state index is 6.30. The van der Waals surface area contributed by atoms with Crippen LogP contribution in [0.3, 0.4) is 0 Å². The summed E-state index contributed by atoms with van der Waals surface area (Å²) in [5.41, 5.74) is 12.2. The number of benzene rings is 2. The molecule has 3 rings (SSSR count). The largest absolute Gasteiger partial charge is 0.319 e. The Kier molecular flexibility index (Phi) is 4.59. The van der Waals surface area contributed by atoms with E-state index in [9.17, 15) is 0 Å². The molecule has 1 aliphatic rings. The molecular formula is C16H14Cl3N3. The van der Waals surface area contributed by atoms with Crippen LogP contribution < -0.4 is 11.2 Å². The smallest absolute Gasteiger partial charge is 0.0743 e. The third-order valence-electron chi connectivity index (χ3n) is 3.71. The predicted octanol–water partition coefficient (Wildman–Crippen LogP) is 4.74. The van der Waals surface area contributed by atoms with Gasteiger partial charge in [-0.05, 0) is 35.4 Å². The molecule has 0 saturated carbocycles. The molecule has 0 aliphatic carbocycles. The fourth-order valence-corrected chi connectivity index (χ4v) is 3.13. The molecular weight excluding hydrogens is 341 g/mol. The molecule has 3 nitrogen and oxygen atoms in total. The van der Waals surface area contributed by atoms with Gasteiger partial charge in [-0.1, -0.05) is 53.0 Å². The predicted molar refractivity (Wildman–Crippen MR) is 92.8 cm³/mol. The van der Waals surface area contributed by atoms with Crippen molar-refractivity contribution in [1.29, 1.82) is 0 Å². The summed E-state index contributed by atoms with van der Waals surface area (Å²) in [4.78, 5) is 0. The van der Waals surface area contributed by atoms with Crippen molar-refractivity contribution in [3.05, 3.63) is 68.7 Å². The van der Waals surface area contributed by atoms with Gasteiger partial charge in [-0.25, -0.2) is 0 Å². The summed E-state index contributed by atoms with van der Waals surface area (Å²) in [6, 6.07) is 12.8. The average Bonchev–Trinajstić information content (AvgIpc) is 2.97. The van der Waals surface area contributed by atoms with Gasteiger partial charge in [0.1, 0.15) is 0 Å². The van der Waals surface area contributed by atoms with Crippen LogP contribution in [0.5, 0.6) is 0 Å². The van der Waals surface area contributed by atoms with E-state index < -0.39 is 0 Å². The van der Waals surface area contributed by atoms with Crippen LogP contribution in [0.2, 0.25) is 15.1 Å². The van der Waals surface area contributed by atoms with Crippen molar-refractivity contribution in [2.45, 2.75) is 18.5 Å². The van der Waals surface area contributed by atoms with Crippen molar-refractivity contribution in [2.75, 3.05) is 0 Å². The summed E-state index contributed by atoms with van der Waals surface area (Å²) in [6.07, 6.45) is 0.724. The molecule has 0 spiro atoms. The summed E-state index contributed by atoms with van der Waals surface area (Å²) in [5, 5.41) is 6.23. The second-order valence-corrected chi connectivity index (χ2v) is 6.46. The van der Waals surface area contributed by atoms with E-state index in [0.29, 0.717) is 15.1 Å². The molecule has 0 aromatic heterocycles. The zero-order valence-corrected chi connectivity index (χ0v) is 13.8. The number of hydrazone groups is 1. The first kappa shape index (κ1) is 15.6. The Balaban J connectivity index is 1.75. The van der Waals surface area contributed by atoms with Gasteiger partial charge in [0.25, 0.3) is 0 Å². The van der Waals surface area contributed by atoms with E-state index in [1.165, 1.54) is 0 Å².